The van der Waals surface area contributed by atoms with E-state index in [9.17, 15) is 9.59 Å². The van der Waals surface area contributed by atoms with Gasteiger partial charge in [-0.05, 0) is 61.2 Å². The zero-order valence-electron chi connectivity index (χ0n) is 19.4. The van der Waals surface area contributed by atoms with Gasteiger partial charge in [0.05, 0.1) is 6.04 Å². The third-order valence-electron chi connectivity index (χ3n) is 6.07. The van der Waals surface area contributed by atoms with Crippen LogP contribution >= 0.6 is 0 Å². The summed E-state index contributed by atoms with van der Waals surface area (Å²) in [5.74, 6) is 0.542. The minimum atomic E-state index is -0.213. The first-order chi connectivity index (χ1) is 15.9. The third-order valence-corrected chi connectivity index (χ3v) is 6.07. The summed E-state index contributed by atoms with van der Waals surface area (Å²) in [7, 11) is 0. The van der Waals surface area contributed by atoms with E-state index in [1.54, 1.807) is 0 Å². The van der Waals surface area contributed by atoms with Gasteiger partial charge in [-0.15, -0.1) is 0 Å². The molecule has 3 aromatic carbocycles. The summed E-state index contributed by atoms with van der Waals surface area (Å²) >= 11 is 0. The smallest absolute Gasteiger partial charge is 0.262 e. The first-order valence-electron chi connectivity index (χ1n) is 11.4. The molecule has 0 spiro atoms. The van der Waals surface area contributed by atoms with Crippen molar-refractivity contribution in [1.82, 2.24) is 4.90 Å². The molecule has 0 saturated carbocycles. The highest BCUT2D eigenvalue weighted by Gasteiger charge is 2.31. The van der Waals surface area contributed by atoms with Gasteiger partial charge in [-0.25, -0.2) is 0 Å². The van der Waals surface area contributed by atoms with Gasteiger partial charge in [0.1, 0.15) is 5.75 Å². The summed E-state index contributed by atoms with van der Waals surface area (Å²) in [4.78, 5) is 27.1. The third kappa shape index (κ3) is 5.25. The Balaban J connectivity index is 1.55. The fraction of sp³-hybridized carbons (Fsp3) is 0.286. The maximum Gasteiger partial charge on any atom is 0.262 e. The fourth-order valence-corrected chi connectivity index (χ4v) is 4.25. The van der Waals surface area contributed by atoms with Crippen molar-refractivity contribution in [3.8, 4) is 5.75 Å². The number of rotatable bonds is 6. The second-order valence-corrected chi connectivity index (χ2v) is 8.57. The number of benzene rings is 3. The molecule has 170 valence electrons. The van der Waals surface area contributed by atoms with E-state index in [0.29, 0.717) is 18.7 Å². The van der Waals surface area contributed by atoms with E-state index in [4.69, 9.17) is 4.74 Å². The van der Waals surface area contributed by atoms with Crippen LogP contribution in [0.4, 0.5) is 5.69 Å². The lowest BCUT2D eigenvalue weighted by Crippen LogP contribution is -2.40. The highest BCUT2D eigenvalue weighted by atomic mass is 16.5. The molecule has 0 unspecified atom stereocenters. The van der Waals surface area contributed by atoms with E-state index in [0.717, 1.165) is 28.8 Å². The average molecular weight is 443 g/mol. The Morgan fingerprint density at radius 2 is 1.64 bits per heavy atom. The number of anilines is 1. The van der Waals surface area contributed by atoms with Crippen LogP contribution in [0.15, 0.2) is 66.7 Å². The Bertz CT molecular complexity index is 1140. The van der Waals surface area contributed by atoms with Crippen LogP contribution in [0, 0.1) is 13.8 Å². The number of fused-ring (bicyclic) bond motifs is 1. The Labute approximate surface area is 195 Å². The van der Waals surface area contributed by atoms with Crippen LogP contribution in [0.5, 0.6) is 5.75 Å². The minimum absolute atomic E-state index is 0.0839. The monoisotopic (exact) mass is 442 g/mol. The summed E-state index contributed by atoms with van der Waals surface area (Å²) in [5.41, 5.74) is 6.41. The largest absolute Gasteiger partial charge is 0.484 e. The highest BCUT2D eigenvalue weighted by molar-refractivity contribution is 5.91. The van der Waals surface area contributed by atoms with E-state index >= 15 is 0 Å². The van der Waals surface area contributed by atoms with Gasteiger partial charge < -0.3 is 15.0 Å². The quantitative estimate of drug-likeness (QED) is 0.570. The van der Waals surface area contributed by atoms with Crippen LogP contribution in [0.25, 0.3) is 0 Å². The van der Waals surface area contributed by atoms with Gasteiger partial charge in [0.15, 0.2) is 6.61 Å². The number of nitrogens with zero attached hydrogens (tertiary/aromatic N) is 1. The van der Waals surface area contributed by atoms with Gasteiger partial charge in [-0.2, -0.15) is 0 Å². The van der Waals surface area contributed by atoms with Gasteiger partial charge in [-0.1, -0.05) is 60.5 Å². The van der Waals surface area contributed by atoms with Crippen molar-refractivity contribution in [2.24, 2.45) is 0 Å². The Morgan fingerprint density at radius 1 is 0.970 bits per heavy atom. The Kier molecular flexibility index (Phi) is 6.78. The summed E-state index contributed by atoms with van der Waals surface area (Å²) in [5, 5.41) is 2.85. The van der Waals surface area contributed by atoms with E-state index in [2.05, 4.69) is 42.6 Å². The molecule has 0 saturated heterocycles. The topological polar surface area (TPSA) is 58.6 Å². The summed E-state index contributed by atoms with van der Waals surface area (Å²) in [6, 6.07) is 21.8. The predicted octanol–water partition coefficient (Wildman–Crippen LogP) is 5.21. The lowest BCUT2D eigenvalue weighted by atomic mass is 9.87. The molecule has 5 nitrogen and oxygen atoms in total. The molecule has 0 aliphatic carbocycles. The zero-order chi connectivity index (χ0) is 23.4. The summed E-state index contributed by atoms with van der Waals surface area (Å²) in [6.07, 6.45) is 1.27. The molecule has 1 aliphatic heterocycles. The second-order valence-electron chi connectivity index (χ2n) is 8.57. The van der Waals surface area contributed by atoms with Crippen molar-refractivity contribution in [2.75, 3.05) is 18.5 Å². The minimum Gasteiger partial charge on any atom is -0.484 e. The van der Waals surface area contributed by atoms with Crippen molar-refractivity contribution in [2.45, 2.75) is 39.7 Å². The SMILES string of the molecule is CCC(=O)N1CCc2ccc(OCC(=O)Nc3ccc(C)cc3)cc2[C@H]1c1ccc(C)cc1. The van der Waals surface area contributed by atoms with Crippen LogP contribution in [-0.2, 0) is 16.0 Å². The van der Waals surface area contributed by atoms with E-state index in [1.165, 1.54) is 11.1 Å². The fourth-order valence-electron chi connectivity index (χ4n) is 4.25. The first-order valence-corrected chi connectivity index (χ1v) is 11.4. The zero-order valence-corrected chi connectivity index (χ0v) is 19.4. The molecule has 0 radical (unpaired) electrons. The molecule has 0 aromatic heterocycles. The maximum absolute atomic E-state index is 12.8. The first kappa shape index (κ1) is 22.6. The van der Waals surface area contributed by atoms with Crippen molar-refractivity contribution < 1.29 is 14.3 Å². The average Bonchev–Trinajstić information content (AvgIpc) is 2.83. The molecule has 3 aromatic rings. The highest BCUT2D eigenvalue weighted by Crippen LogP contribution is 2.37. The lowest BCUT2D eigenvalue weighted by Gasteiger charge is -2.38. The molecule has 2 amide bonds. The van der Waals surface area contributed by atoms with E-state index in [1.807, 2.05) is 55.1 Å². The van der Waals surface area contributed by atoms with Gasteiger partial charge in [0.2, 0.25) is 5.91 Å². The molecule has 0 fully saturated rings. The standard InChI is InChI=1S/C28H30N2O3/c1-4-27(32)30-16-15-21-11-14-24(17-25(21)28(30)22-9-5-19(2)6-10-22)33-18-26(31)29-23-12-7-20(3)8-13-23/h5-14,17,28H,4,15-16,18H2,1-3H3,(H,29,31)/t28-/m1/s1. The number of ether oxygens (including phenoxy) is 1. The van der Waals surface area contributed by atoms with Crippen molar-refractivity contribution >= 4 is 17.5 Å². The number of nitrogens with one attached hydrogen (secondary N) is 1. The van der Waals surface area contributed by atoms with Gasteiger partial charge in [0.25, 0.3) is 5.91 Å². The van der Waals surface area contributed by atoms with Crippen LogP contribution in [0.1, 0.15) is 47.2 Å². The van der Waals surface area contributed by atoms with E-state index in [-0.39, 0.29) is 24.5 Å². The van der Waals surface area contributed by atoms with Crippen molar-refractivity contribution in [3.63, 3.8) is 0 Å². The summed E-state index contributed by atoms with van der Waals surface area (Å²) < 4.78 is 5.84. The van der Waals surface area contributed by atoms with Gasteiger partial charge in [0, 0.05) is 18.7 Å². The molecule has 0 bridgehead atoms. The molecule has 33 heavy (non-hydrogen) atoms. The molecular weight excluding hydrogens is 412 g/mol. The molecule has 1 atom stereocenters. The Hall–Kier alpha value is -3.60. The van der Waals surface area contributed by atoms with Crippen LogP contribution < -0.4 is 10.1 Å². The number of amides is 2. The number of hydrogen-bond donors (Lipinski definition) is 1. The molecular formula is C28H30N2O3. The molecule has 1 N–H and O–H groups in total. The van der Waals surface area contributed by atoms with Crippen molar-refractivity contribution in [1.29, 1.82) is 0 Å². The van der Waals surface area contributed by atoms with Crippen LogP contribution in [-0.4, -0.2) is 29.9 Å². The second kappa shape index (κ2) is 9.90. The van der Waals surface area contributed by atoms with Gasteiger partial charge in [-0.3, -0.25) is 9.59 Å². The molecule has 1 aliphatic rings. The molecule has 1 heterocycles. The maximum atomic E-state index is 12.8. The summed E-state index contributed by atoms with van der Waals surface area (Å²) in [6.45, 7) is 6.57. The Morgan fingerprint density at radius 3 is 2.30 bits per heavy atom. The lowest BCUT2D eigenvalue weighted by molar-refractivity contribution is -0.132. The number of hydrogen-bond acceptors (Lipinski definition) is 3. The number of aryl methyl sites for hydroxylation is 2. The van der Waals surface area contributed by atoms with E-state index < -0.39 is 0 Å². The number of carbonyl (C=O) groups excluding carboxylic acids is 2. The molecule has 5 heteroatoms. The normalized spacial score (nSPS) is 15.0. The molecule has 4 rings (SSSR count). The van der Waals surface area contributed by atoms with Gasteiger partial charge >= 0.3 is 0 Å². The number of carbonyl (C=O) groups is 2. The predicted molar refractivity (Wildman–Crippen MR) is 130 cm³/mol. The van der Waals surface area contributed by atoms with Crippen LogP contribution in [0.2, 0.25) is 0 Å². The van der Waals surface area contributed by atoms with Crippen molar-refractivity contribution in [3.05, 3.63) is 94.5 Å². The van der Waals surface area contributed by atoms with Crippen LogP contribution in [0.3, 0.4) is 0 Å².